The number of amides is 1. The van der Waals surface area contributed by atoms with Gasteiger partial charge in [-0.1, -0.05) is 36.5 Å². The smallest absolute Gasteiger partial charge is 0.308 e. The lowest BCUT2D eigenvalue weighted by Crippen LogP contribution is -2.44. The molecule has 2 aromatic carbocycles. The highest BCUT2D eigenvalue weighted by Gasteiger charge is 2.36. The molecule has 0 atom stereocenters. The number of rotatable bonds is 5. The molecule has 2 aliphatic heterocycles. The fourth-order valence-electron chi connectivity index (χ4n) is 4.92. The molecule has 33 heavy (non-hydrogen) atoms. The van der Waals surface area contributed by atoms with E-state index < -0.39 is 10.0 Å². The van der Waals surface area contributed by atoms with Crippen LogP contribution in [-0.2, 0) is 27.8 Å². The van der Waals surface area contributed by atoms with Gasteiger partial charge >= 0.3 is 4.87 Å². The second-order valence-electron chi connectivity index (χ2n) is 8.70. The van der Waals surface area contributed by atoms with Crippen LogP contribution in [0.4, 0.5) is 5.69 Å². The van der Waals surface area contributed by atoms with Crippen LogP contribution in [0.25, 0.3) is 10.2 Å². The lowest BCUT2D eigenvalue weighted by molar-refractivity contribution is -0.123. The van der Waals surface area contributed by atoms with Crippen LogP contribution in [0.15, 0.2) is 52.2 Å². The van der Waals surface area contributed by atoms with Crippen LogP contribution in [0.2, 0.25) is 0 Å². The molecule has 1 aromatic heterocycles. The molecular weight excluding hydrogens is 458 g/mol. The van der Waals surface area contributed by atoms with Gasteiger partial charge in [0.1, 0.15) is 0 Å². The minimum atomic E-state index is -3.68. The number of aryl methyl sites for hydroxylation is 1. The number of piperidine rings is 1. The van der Waals surface area contributed by atoms with Gasteiger partial charge in [-0.2, -0.15) is 4.31 Å². The lowest BCUT2D eigenvalue weighted by atomic mass is 9.96. The Labute approximate surface area is 197 Å². The van der Waals surface area contributed by atoms with E-state index in [0.29, 0.717) is 43.7 Å². The second kappa shape index (κ2) is 8.70. The Morgan fingerprint density at radius 3 is 2.61 bits per heavy atom. The van der Waals surface area contributed by atoms with Gasteiger partial charge in [0.15, 0.2) is 0 Å². The van der Waals surface area contributed by atoms with Crippen LogP contribution in [0, 0.1) is 5.92 Å². The predicted molar refractivity (Wildman–Crippen MR) is 130 cm³/mol. The number of thiazole rings is 1. The standard InChI is InChI=1S/C24H27N3O4S2/c1-2-12-27-21-8-7-19(16-22(21)32-24(27)29)33(30,31)25-13-9-18(10-14-25)23(28)26-15-11-17-5-3-4-6-20(17)26/h3-8,16,18H,2,9-15H2,1H3. The van der Waals surface area contributed by atoms with Crippen LogP contribution >= 0.6 is 11.3 Å². The van der Waals surface area contributed by atoms with Crippen molar-refractivity contribution in [3.8, 4) is 0 Å². The Morgan fingerprint density at radius 2 is 1.85 bits per heavy atom. The molecule has 0 saturated carbocycles. The molecule has 0 N–H and O–H groups in total. The van der Waals surface area contributed by atoms with Gasteiger partial charge in [0.25, 0.3) is 0 Å². The van der Waals surface area contributed by atoms with E-state index in [1.165, 1.54) is 9.87 Å². The van der Waals surface area contributed by atoms with E-state index in [9.17, 15) is 18.0 Å². The molecule has 0 unspecified atom stereocenters. The molecule has 0 radical (unpaired) electrons. The van der Waals surface area contributed by atoms with Crippen molar-refractivity contribution in [2.75, 3.05) is 24.5 Å². The molecule has 0 aliphatic carbocycles. The molecule has 0 spiro atoms. The van der Waals surface area contributed by atoms with Gasteiger partial charge in [0, 0.05) is 37.8 Å². The van der Waals surface area contributed by atoms with E-state index in [1.807, 2.05) is 30.0 Å². The first-order valence-corrected chi connectivity index (χ1v) is 13.7. The average molecular weight is 486 g/mol. The third-order valence-corrected chi connectivity index (χ3v) is 9.52. The Balaban J connectivity index is 1.30. The number of hydrogen-bond acceptors (Lipinski definition) is 5. The average Bonchev–Trinajstić information content (AvgIpc) is 3.39. The van der Waals surface area contributed by atoms with Crippen LogP contribution < -0.4 is 9.77 Å². The van der Waals surface area contributed by atoms with Crippen LogP contribution in [0.1, 0.15) is 31.7 Å². The number of benzene rings is 2. The first-order valence-electron chi connectivity index (χ1n) is 11.4. The molecule has 3 aromatic rings. The summed E-state index contributed by atoms with van der Waals surface area (Å²) >= 11 is 1.08. The van der Waals surface area contributed by atoms with E-state index in [2.05, 4.69) is 6.07 Å². The quantitative estimate of drug-likeness (QED) is 0.554. The summed E-state index contributed by atoms with van der Waals surface area (Å²) in [5.41, 5.74) is 2.96. The number of carbonyl (C=O) groups excluding carboxylic acids is 1. The highest BCUT2D eigenvalue weighted by atomic mass is 32.2. The number of carbonyl (C=O) groups is 1. The Bertz CT molecular complexity index is 1370. The monoisotopic (exact) mass is 485 g/mol. The maximum Gasteiger partial charge on any atom is 0.308 e. The molecule has 3 heterocycles. The summed E-state index contributed by atoms with van der Waals surface area (Å²) in [5, 5.41) is 0. The van der Waals surface area contributed by atoms with Gasteiger partial charge < -0.3 is 4.90 Å². The predicted octanol–water partition coefficient (Wildman–Crippen LogP) is 3.46. The summed E-state index contributed by atoms with van der Waals surface area (Å²) in [6, 6.07) is 12.9. The summed E-state index contributed by atoms with van der Waals surface area (Å²) in [7, 11) is -3.68. The Morgan fingerprint density at radius 1 is 1.09 bits per heavy atom. The first-order chi connectivity index (χ1) is 15.9. The van der Waals surface area contributed by atoms with E-state index in [4.69, 9.17) is 0 Å². The van der Waals surface area contributed by atoms with Crippen LogP contribution in [0.5, 0.6) is 0 Å². The number of fused-ring (bicyclic) bond motifs is 2. The minimum absolute atomic E-state index is 0.0655. The summed E-state index contributed by atoms with van der Waals surface area (Å²) in [6.45, 7) is 3.95. The molecule has 7 nitrogen and oxygen atoms in total. The van der Waals surface area contributed by atoms with E-state index in [1.54, 1.807) is 22.8 Å². The number of para-hydroxylation sites is 1. The van der Waals surface area contributed by atoms with Crippen molar-refractivity contribution >= 4 is 43.2 Å². The number of hydrogen-bond donors (Lipinski definition) is 0. The number of nitrogens with zero attached hydrogens (tertiary/aromatic N) is 3. The van der Waals surface area contributed by atoms with Gasteiger partial charge in [-0.3, -0.25) is 14.2 Å². The van der Waals surface area contributed by atoms with Crippen molar-refractivity contribution in [2.45, 2.75) is 44.0 Å². The molecule has 1 amide bonds. The van der Waals surface area contributed by atoms with Gasteiger partial charge in [0.05, 0.1) is 15.1 Å². The van der Waals surface area contributed by atoms with Crippen molar-refractivity contribution in [2.24, 2.45) is 5.92 Å². The summed E-state index contributed by atoms with van der Waals surface area (Å²) < 4.78 is 30.4. The zero-order valence-corrected chi connectivity index (χ0v) is 20.2. The third kappa shape index (κ3) is 3.92. The highest BCUT2D eigenvalue weighted by molar-refractivity contribution is 7.89. The largest absolute Gasteiger partial charge is 0.312 e. The van der Waals surface area contributed by atoms with Gasteiger partial charge in [-0.25, -0.2) is 8.42 Å². The number of aromatic nitrogens is 1. The first kappa shape index (κ1) is 22.3. The van der Waals surface area contributed by atoms with Crippen molar-refractivity contribution in [1.82, 2.24) is 8.87 Å². The Kier molecular flexibility index (Phi) is 5.88. The molecule has 0 bridgehead atoms. The zero-order chi connectivity index (χ0) is 23.2. The number of sulfonamides is 1. The van der Waals surface area contributed by atoms with Crippen LogP contribution in [0.3, 0.4) is 0 Å². The van der Waals surface area contributed by atoms with Crippen molar-refractivity contribution in [3.05, 3.63) is 57.7 Å². The number of anilines is 1. The highest BCUT2D eigenvalue weighted by Crippen LogP contribution is 2.32. The van der Waals surface area contributed by atoms with Crippen LogP contribution in [-0.4, -0.2) is 42.8 Å². The maximum absolute atomic E-state index is 13.3. The SMILES string of the molecule is CCCn1c(=O)sc2cc(S(=O)(=O)N3CCC(C(=O)N4CCc5ccccc54)CC3)ccc21. The lowest BCUT2D eigenvalue weighted by Gasteiger charge is -2.32. The molecular formula is C24H27N3O4S2. The summed E-state index contributed by atoms with van der Waals surface area (Å²) in [6.07, 6.45) is 2.73. The fraction of sp³-hybridized carbons (Fsp3) is 0.417. The molecule has 2 aliphatic rings. The second-order valence-corrected chi connectivity index (χ2v) is 11.6. The molecule has 1 fully saturated rings. The van der Waals surface area contributed by atoms with Crippen molar-refractivity contribution in [3.63, 3.8) is 0 Å². The maximum atomic E-state index is 13.3. The molecule has 174 valence electrons. The van der Waals surface area contributed by atoms with Crippen molar-refractivity contribution in [1.29, 1.82) is 0 Å². The van der Waals surface area contributed by atoms with Crippen molar-refractivity contribution < 1.29 is 13.2 Å². The van der Waals surface area contributed by atoms with E-state index >= 15 is 0 Å². The summed E-state index contributed by atoms with van der Waals surface area (Å²) in [4.78, 5) is 27.4. The molecule has 9 heteroatoms. The Hall–Kier alpha value is -2.49. The van der Waals surface area contributed by atoms with Gasteiger partial charge in [-0.05, 0) is 55.5 Å². The normalized spacial score (nSPS) is 17.5. The fourth-order valence-corrected chi connectivity index (χ4v) is 7.45. The topological polar surface area (TPSA) is 79.7 Å². The minimum Gasteiger partial charge on any atom is -0.312 e. The van der Waals surface area contributed by atoms with E-state index in [-0.39, 0.29) is 21.6 Å². The molecule has 1 saturated heterocycles. The van der Waals surface area contributed by atoms with Gasteiger partial charge in [0.2, 0.25) is 15.9 Å². The third-order valence-electron chi connectivity index (χ3n) is 6.68. The van der Waals surface area contributed by atoms with Gasteiger partial charge in [-0.15, -0.1) is 0 Å². The summed E-state index contributed by atoms with van der Waals surface area (Å²) in [5.74, 6) is -0.0705. The molecule has 5 rings (SSSR count). The zero-order valence-electron chi connectivity index (χ0n) is 18.6. The van der Waals surface area contributed by atoms with E-state index in [0.717, 1.165) is 35.4 Å².